The van der Waals surface area contributed by atoms with E-state index >= 15 is 0 Å². The van der Waals surface area contributed by atoms with Crippen molar-refractivity contribution in [2.45, 2.75) is 6.92 Å². The summed E-state index contributed by atoms with van der Waals surface area (Å²) in [6, 6.07) is 18.7. The van der Waals surface area contributed by atoms with Gasteiger partial charge in [-0.1, -0.05) is 35.7 Å². The minimum atomic E-state index is 1.05. The maximum atomic E-state index is 3.25. The molecule has 0 atom stereocenters. The summed E-state index contributed by atoms with van der Waals surface area (Å²) in [4.78, 5) is 0. The summed E-state index contributed by atoms with van der Waals surface area (Å²) in [5.41, 5.74) is 4.59. The van der Waals surface area contributed by atoms with Gasteiger partial charge in [0, 0.05) is 23.5 Å². The number of hydrogen-bond acceptors (Lipinski definition) is 0. The summed E-state index contributed by atoms with van der Waals surface area (Å²) in [5.74, 6) is 6.46. The highest BCUT2D eigenvalue weighted by atomic mass is 14.9. The highest BCUT2D eigenvalue weighted by molar-refractivity contribution is 5.83. The number of nitrogens with zero attached hydrogens (tertiary/aromatic N) is 1. The van der Waals surface area contributed by atoms with Crippen LogP contribution in [0.2, 0.25) is 0 Å². The molecule has 0 saturated carbocycles. The molecule has 0 radical (unpaired) electrons. The molecule has 0 amide bonds. The second kappa shape index (κ2) is 4.66. The molecule has 0 aliphatic carbocycles. The predicted molar refractivity (Wildman–Crippen MR) is 80.1 cm³/mol. The van der Waals surface area contributed by atoms with Crippen molar-refractivity contribution in [2.75, 3.05) is 0 Å². The Morgan fingerprint density at radius 3 is 2.47 bits per heavy atom. The van der Waals surface area contributed by atoms with Crippen molar-refractivity contribution < 1.29 is 0 Å². The third kappa shape index (κ3) is 2.26. The standard InChI is InChI=1S/C18H15N/c1-14-8-11-18-16(12-14)13-17(19(18)2)10-9-15-6-4-3-5-7-15/h3-8,11-13H,1-2H3. The van der Waals surface area contributed by atoms with Crippen LogP contribution >= 0.6 is 0 Å². The van der Waals surface area contributed by atoms with E-state index in [0.717, 1.165) is 11.3 Å². The minimum Gasteiger partial charge on any atom is -0.337 e. The molecule has 0 bridgehead atoms. The Balaban J connectivity index is 2.07. The molecule has 0 fully saturated rings. The van der Waals surface area contributed by atoms with E-state index in [0.29, 0.717) is 0 Å². The predicted octanol–water partition coefficient (Wildman–Crippen LogP) is 3.89. The van der Waals surface area contributed by atoms with Crippen LogP contribution in [0.5, 0.6) is 0 Å². The van der Waals surface area contributed by atoms with Crippen molar-refractivity contribution in [1.82, 2.24) is 4.57 Å². The van der Waals surface area contributed by atoms with E-state index in [1.165, 1.54) is 16.5 Å². The number of fused-ring (bicyclic) bond motifs is 1. The maximum absolute atomic E-state index is 3.25. The van der Waals surface area contributed by atoms with Crippen LogP contribution in [0.15, 0.2) is 54.6 Å². The summed E-state index contributed by atoms with van der Waals surface area (Å²) in [6.45, 7) is 2.11. The highest BCUT2D eigenvalue weighted by Crippen LogP contribution is 2.19. The molecule has 19 heavy (non-hydrogen) atoms. The molecular formula is C18H15N. The first-order valence-electron chi connectivity index (χ1n) is 6.37. The van der Waals surface area contributed by atoms with E-state index in [-0.39, 0.29) is 0 Å². The summed E-state index contributed by atoms with van der Waals surface area (Å²) in [7, 11) is 2.06. The number of hydrogen-bond donors (Lipinski definition) is 0. The van der Waals surface area contributed by atoms with Gasteiger partial charge in [0.05, 0.1) is 5.69 Å². The second-order valence-electron chi connectivity index (χ2n) is 4.77. The quantitative estimate of drug-likeness (QED) is 0.530. The SMILES string of the molecule is Cc1ccc2c(c1)cc(C#Cc1ccccc1)n2C. The van der Waals surface area contributed by atoms with Crippen LogP contribution in [-0.2, 0) is 7.05 Å². The van der Waals surface area contributed by atoms with Crippen LogP contribution in [0.3, 0.4) is 0 Å². The minimum absolute atomic E-state index is 1.05. The van der Waals surface area contributed by atoms with Gasteiger partial charge in [-0.05, 0) is 43.2 Å². The molecule has 2 aromatic carbocycles. The average Bonchev–Trinajstić information content (AvgIpc) is 2.74. The van der Waals surface area contributed by atoms with Gasteiger partial charge in [-0.3, -0.25) is 0 Å². The lowest BCUT2D eigenvalue weighted by atomic mass is 10.2. The zero-order valence-corrected chi connectivity index (χ0v) is 11.1. The van der Waals surface area contributed by atoms with Crippen molar-refractivity contribution in [3.8, 4) is 11.8 Å². The molecule has 1 nitrogen and oxygen atoms in total. The van der Waals surface area contributed by atoms with Gasteiger partial charge in [-0.25, -0.2) is 0 Å². The second-order valence-corrected chi connectivity index (χ2v) is 4.77. The lowest BCUT2D eigenvalue weighted by Crippen LogP contribution is -1.90. The topological polar surface area (TPSA) is 4.93 Å². The van der Waals surface area contributed by atoms with Gasteiger partial charge >= 0.3 is 0 Å². The fraction of sp³-hybridized carbons (Fsp3) is 0.111. The number of rotatable bonds is 0. The van der Waals surface area contributed by atoms with Crippen LogP contribution in [0.4, 0.5) is 0 Å². The Morgan fingerprint density at radius 2 is 1.68 bits per heavy atom. The first-order valence-corrected chi connectivity index (χ1v) is 6.37. The summed E-state index contributed by atoms with van der Waals surface area (Å²) >= 11 is 0. The molecule has 0 aliphatic rings. The molecule has 0 spiro atoms. The lowest BCUT2D eigenvalue weighted by molar-refractivity contribution is 0.951. The number of aryl methyl sites for hydroxylation is 2. The Hall–Kier alpha value is -2.46. The monoisotopic (exact) mass is 245 g/mol. The first kappa shape index (κ1) is 11.6. The smallest absolute Gasteiger partial charge is 0.0931 e. The van der Waals surface area contributed by atoms with Crippen LogP contribution in [0.25, 0.3) is 10.9 Å². The van der Waals surface area contributed by atoms with E-state index in [1.54, 1.807) is 0 Å². The zero-order valence-electron chi connectivity index (χ0n) is 11.1. The molecule has 92 valence electrons. The fourth-order valence-electron chi connectivity index (χ4n) is 2.25. The van der Waals surface area contributed by atoms with Crippen LogP contribution in [0.1, 0.15) is 16.8 Å². The van der Waals surface area contributed by atoms with Gasteiger partial charge in [0.2, 0.25) is 0 Å². The van der Waals surface area contributed by atoms with Gasteiger partial charge in [-0.2, -0.15) is 0 Å². The van der Waals surface area contributed by atoms with Crippen molar-refractivity contribution in [3.05, 3.63) is 71.4 Å². The van der Waals surface area contributed by atoms with Crippen molar-refractivity contribution in [2.24, 2.45) is 7.05 Å². The number of benzene rings is 2. The van der Waals surface area contributed by atoms with Gasteiger partial charge < -0.3 is 4.57 Å². The van der Waals surface area contributed by atoms with Crippen molar-refractivity contribution in [1.29, 1.82) is 0 Å². The van der Waals surface area contributed by atoms with Gasteiger partial charge in [-0.15, -0.1) is 0 Å². The number of aromatic nitrogens is 1. The third-order valence-corrected chi connectivity index (χ3v) is 3.31. The van der Waals surface area contributed by atoms with E-state index in [4.69, 9.17) is 0 Å². The van der Waals surface area contributed by atoms with E-state index < -0.39 is 0 Å². The average molecular weight is 245 g/mol. The summed E-state index contributed by atoms with van der Waals surface area (Å²) < 4.78 is 2.14. The van der Waals surface area contributed by atoms with Gasteiger partial charge in [0.1, 0.15) is 0 Å². The van der Waals surface area contributed by atoms with Gasteiger partial charge in [0.25, 0.3) is 0 Å². The van der Waals surface area contributed by atoms with E-state index in [9.17, 15) is 0 Å². The molecular weight excluding hydrogens is 230 g/mol. The first-order chi connectivity index (χ1) is 9.24. The third-order valence-electron chi connectivity index (χ3n) is 3.31. The Labute approximate surface area is 113 Å². The van der Waals surface area contributed by atoms with Gasteiger partial charge in [0.15, 0.2) is 0 Å². The Bertz CT molecular complexity index is 783. The van der Waals surface area contributed by atoms with Crippen LogP contribution in [-0.4, -0.2) is 4.57 Å². The summed E-state index contributed by atoms with van der Waals surface area (Å²) in [5, 5.41) is 1.25. The Morgan fingerprint density at radius 1 is 0.895 bits per heavy atom. The molecule has 1 heteroatoms. The molecule has 0 aliphatic heterocycles. The van der Waals surface area contributed by atoms with Crippen molar-refractivity contribution >= 4 is 10.9 Å². The molecule has 1 aromatic heterocycles. The van der Waals surface area contributed by atoms with Crippen LogP contribution in [0, 0.1) is 18.8 Å². The molecule has 3 rings (SSSR count). The fourth-order valence-corrected chi connectivity index (χ4v) is 2.25. The zero-order chi connectivity index (χ0) is 13.2. The van der Waals surface area contributed by atoms with E-state index in [1.807, 2.05) is 30.3 Å². The van der Waals surface area contributed by atoms with Crippen LogP contribution < -0.4 is 0 Å². The molecule has 0 N–H and O–H groups in total. The molecule has 3 aromatic rings. The maximum Gasteiger partial charge on any atom is 0.0931 e. The molecule has 1 heterocycles. The van der Waals surface area contributed by atoms with Crippen molar-refractivity contribution in [3.63, 3.8) is 0 Å². The normalized spacial score (nSPS) is 10.2. The highest BCUT2D eigenvalue weighted by Gasteiger charge is 2.03. The largest absolute Gasteiger partial charge is 0.337 e. The summed E-state index contributed by atoms with van der Waals surface area (Å²) in [6.07, 6.45) is 0. The molecule has 0 saturated heterocycles. The Kier molecular flexibility index (Phi) is 2.85. The molecule has 0 unspecified atom stereocenters. The van der Waals surface area contributed by atoms with E-state index in [2.05, 4.69) is 54.6 Å². The lowest BCUT2D eigenvalue weighted by Gasteiger charge is -1.98.